The molecule has 5 nitrogen and oxygen atoms in total. The molecule has 0 aliphatic carbocycles. The fourth-order valence-electron chi connectivity index (χ4n) is 4.78. The van der Waals surface area contributed by atoms with E-state index in [2.05, 4.69) is 58.5 Å². The first kappa shape index (κ1) is 25.8. The summed E-state index contributed by atoms with van der Waals surface area (Å²) in [5.41, 5.74) is 8.36. The van der Waals surface area contributed by atoms with Crippen molar-refractivity contribution in [3.8, 4) is 11.1 Å². The van der Waals surface area contributed by atoms with Gasteiger partial charge in [0.05, 0.1) is 10.4 Å². The molecule has 3 aromatic carbocycles. The van der Waals surface area contributed by atoms with Gasteiger partial charge in [-0.05, 0) is 88.8 Å². The van der Waals surface area contributed by atoms with Gasteiger partial charge in [0.2, 0.25) is 0 Å². The quantitative estimate of drug-likeness (QED) is 0.191. The highest BCUT2D eigenvalue weighted by Crippen LogP contribution is 2.33. The molecule has 6 rings (SSSR count). The van der Waals surface area contributed by atoms with Gasteiger partial charge in [-0.3, -0.25) is 9.97 Å². The molecule has 7 heteroatoms. The average Bonchev–Trinajstić information content (AvgIpc) is 3.51. The molecule has 3 aromatic heterocycles. The third-order valence-electron chi connectivity index (χ3n) is 6.69. The van der Waals surface area contributed by atoms with E-state index >= 15 is 0 Å². The maximum absolute atomic E-state index is 12.0. The van der Waals surface area contributed by atoms with Gasteiger partial charge in [-0.2, -0.15) is 0 Å². The van der Waals surface area contributed by atoms with Crippen LogP contribution < -0.4 is 0 Å². The van der Waals surface area contributed by atoms with Crippen LogP contribution in [0.1, 0.15) is 27.3 Å². The van der Waals surface area contributed by atoms with Crippen molar-refractivity contribution >= 4 is 43.7 Å². The number of sulfone groups is 1. The van der Waals surface area contributed by atoms with Crippen LogP contribution in [0.3, 0.4) is 0 Å². The maximum Gasteiger partial charge on any atom is 0.175 e. The summed E-state index contributed by atoms with van der Waals surface area (Å²) in [5, 5.41) is 3.90. The lowest BCUT2D eigenvalue weighted by molar-refractivity contribution is 0.602. The van der Waals surface area contributed by atoms with Gasteiger partial charge in [-0.1, -0.05) is 36.4 Å². The molecule has 40 heavy (non-hydrogen) atoms. The Labute approximate surface area is 237 Å². The molecule has 0 bridgehead atoms. The summed E-state index contributed by atoms with van der Waals surface area (Å²) in [5.74, 6) is 0. The Morgan fingerprint density at radius 3 is 2.40 bits per heavy atom. The number of benzene rings is 3. The molecule has 0 aliphatic rings. The van der Waals surface area contributed by atoms with Gasteiger partial charge in [-0.25, -0.2) is 13.4 Å². The number of rotatable bonds is 7. The van der Waals surface area contributed by atoms with Gasteiger partial charge in [0.15, 0.2) is 9.84 Å². The van der Waals surface area contributed by atoms with Gasteiger partial charge >= 0.3 is 0 Å². The average molecular weight is 560 g/mol. The van der Waals surface area contributed by atoms with Gasteiger partial charge in [0.1, 0.15) is 5.01 Å². The molecule has 0 fully saturated rings. The van der Waals surface area contributed by atoms with Gasteiger partial charge in [-0.15, -0.1) is 11.3 Å². The molecule has 3 heterocycles. The first-order chi connectivity index (χ1) is 19.4. The Morgan fingerprint density at radius 1 is 0.825 bits per heavy atom. The second-order valence-corrected chi connectivity index (χ2v) is 12.5. The Bertz CT molecular complexity index is 1930. The number of pyridine rings is 2. The Balaban J connectivity index is 1.44. The zero-order valence-electron chi connectivity index (χ0n) is 21.7. The van der Waals surface area contributed by atoms with E-state index in [1.807, 2.05) is 54.3 Å². The lowest BCUT2D eigenvalue weighted by atomic mass is 9.94. The molecule has 0 N–H and O–H groups in total. The third-order valence-corrected chi connectivity index (χ3v) is 8.62. The number of fused-ring (bicyclic) bond motifs is 1. The second kappa shape index (κ2) is 11.0. The Kier molecular flexibility index (Phi) is 7.07. The smallest absolute Gasteiger partial charge is 0.175 e. The minimum absolute atomic E-state index is 0.294. The molecule has 0 saturated heterocycles. The molecule has 0 atom stereocenters. The summed E-state index contributed by atoms with van der Waals surface area (Å²) in [6.45, 7) is 0. The minimum atomic E-state index is -3.28. The zero-order valence-corrected chi connectivity index (χ0v) is 23.4. The second-order valence-electron chi connectivity index (χ2n) is 9.57. The largest absolute Gasteiger partial charge is 0.265 e. The molecule has 0 saturated carbocycles. The van der Waals surface area contributed by atoms with Crippen LogP contribution in [0.5, 0.6) is 0 Å². The Morgan fingerprint density at radius 2 is 1.65 bits per heavy atom. The number of thiazole rings is 1. The first-order valence-electron chi connectivity index (χ1n) is 12.7. The molecule has 0 aliphatic heterocycles. The lowest BCUT2D eigenvalue weighted by Crippen LogP contribution is -1.97. The predicted molar refractivity (Wildman–Crippen MR) is 163 cm³/mol. The number of nitrogens with zero attached hydrogens (tertiary/aromatic N) is 3. The van der Waals surface area contributed by atoms with Crippen LogP contribution in [-0.2, 0) is 16.3 Å². The summed E-state index contributed by atoms with van der Waals surface area (Å²) < 4.78 is 24.0. The molecular weight excluding hydrogens is 535 g/mol. The van der Waals surface area contributed by atoms with E-state index in [4.69, 9.17) is 4.98 Å². The highest BCUT2D eigenvalue weighted by molar-refractivity contribution is 7.90. The fourth-order valence-corrected chi connectivity index (χ4v) is 6.09. The van der Waals surface area contributed by atoms with Gasteiger partial charge < -0.3 is 0 Å². The van der Waals surface area contributed by atoms with Crippen molar-refractivity contribution in [3.63, 3.8) is 0 Å². The van der Waals surface area contributed by atoms with Crippen LogP contribution in [0.25, 0.3) is 33.7 Å². The minimum Gasteiger partial charge on any atom is -0.265 e. The predicted octanol–water partition coefficient (Wildman–Crippen LogP) is 7.34. The van der Waals surface area contributed by atoms with Crippen molar-refractivity contribution < 1.29 is 8.42 Å². The van der Waals surface area contributed by atoms with Crippen LogP contribution in [0.4, 0.5) is 0 Å². The third kappa shape index (κ3) is 5.61. The van der Waals surface area contributed by atoms with E-state index in [0.29, 0.717) is 4.90 Å². The summed E-state index contributed by atoms with van der Waals surface area (Å²) in [6.07, 6.45) is 11.4. The van der Waals surface area contributed by atoms with Gasteiger partial charge in [0.25, 0.3) is 0 Å². The molecule has 0 unspecified atom stereocenters. The summed E-state index contributed by atoms with van der Waals surface area (Å²) in [7, 11) is -3.28. The van der Waals surface area contributed by atoms with Gasteiger partial charge in [0, 0.05) is 52.9 Å². The number of aromatic nitrogens is 3. The molecule has 0 radical (unpaired) electrons. The SMILES string of the molecule is CS(=O)(=O)c1ccc(/C(=C/c2cccc(-c3cc(Cc4ccncc4)cc4cccnc34)c2)c2nccs2)cc1. The molecule has 0 amide bonds. The van der Waals surface area contributed by atoms with Crippen molar-refractivity contribution in [1.82, 2.24) is 15.0 Å². The Hall–Kier alpha value is -4.46. The zero-order chi connectivity index (χ0) is 27.5. The topological polar surface area (TPSA) is 72.8 Å². The fraction of sp³-hybridized carbons (Fsp3) is 0.0606. The van der Waals surface area contributed by atoms with E-state index in [-0.39, 0.29) is 0 Å². The highest BCUT2D eigenvalue weighted by Gasteiger charge is 2.13. The molecule has 6 aromatic rings. The van der Waals surface area contributed by atoms with Crippen molar-refractivity contribution in [1.29, 1.82) is 0 Å². The highest BCUT2D eigenvalue weighted by atomic mass is 32.2. The van der Waals surface area contributed by atoms with E-state index in [0.717, 1.165) is 50.2 Å². The maximum atomic E-state index is 12.0. The van der Waals surface area contributed by atoms with Crippen LogP contribution in [0, 0.1) is 0 Å². The van der Waals surface area contributed by atoms with Crippen molar-refractivity contribution in [2.45, 2.75) is 11.3 Å². The summed E-state index contributed by atoms with van der Waals surface area (Å²) >= 11 is 1.55. The first-order valence-corrected chi connectivity index (χ1v) is 15.5. The van der Waals surface area contributed by atoms with Crippen LogP contribution >= 0.6 is 11.3 Å². The van der Waals surface area contributed by atoms with E-state index in [1.165, 1.54) is 17.4 Å². The van der Waals surface area contributed by atoms with Crippen molar-refractivity contribution in [2.24, 2.45) is 0 Å². The van der Waals surface area contributed by atoms with Crippen LogP contribution in [0.2, 0.25) is 0 Å². The summed E-state index contributed by atoms with van der Waals surface area (Å²) in [6, 6.07) is 28.0. The van der Waals surface area contributed by atoms with E-state index in [9.17, 15) is 8.42 Å². The molecule has 196 valence electrons. The molecular formula is C33H25N3O2S2. The number of hydrogen-bond acceptors (Lipinski definition) is 6. The van der Waals surface area contributed by atoms with Crippen LogP contribution in [-0.4, -0.2) is 29.6 Å². The molecule has 0 spiro atoms. The standard InChI is InChI=1S/C33H25N3O2S2/c1-40(37,38)29-9-7-26(8-10-29)31(33-36-16-17-39-33)21-24-4-2-5-27(19-24)30-22-25(18-23-11-14-34-15-12-23)20-28-6-3-13-35-32(28)30/h2-17,19-22H,18H2,1H3/b31-21-. The van der Waals surface area contributed by atoms with E-state index in [1.54, 1.807) is 29.7 Å². The lowest BCUT2D eigenvalue weighted by Gasteiger charge is -2.12. The number of hydrogen-bond donors (Lipinski definition) is 0. The van der Waals surface area contributed by atoms with E-state index < -0.39 is 9.84 Å². The van der Waals surface area contributed by atoms with Crippen molar-refractivity contribution in [2.75, 3.05) is 6.26 Å². The monoisotopic (exact) mass is 559 g/mol. The van der Waals surface area contributed by atoms with Crippen molar-refractivity contribution in [3.05, 3.63) is 142 Å². The summed E-state index contributed by atoms with van der Waals surface area (Å²) in [4.78, 5) is 13.7. The normalized spacial score (nSPS) is 12.1. The van der Waals surface area contributed by atoms with Crippen LogP contribution in [0.15, 0.2) is 120 Å².